The van der Waals surface area contributed by atoms with Crippen molar-refractivity contribution in [2.24, 2.45) is 0 Å². The van der Waals surface area contributed by atoms with Crippen LogP contribution in [0.3, 0.4) is 0 Å². The fourth-order valence-electron chi connectivity index (χ4n) is 5.14. The van der Waals surface area contributed by atoms with Crippen LogP contribution in [0.5, 0.6) is 11.5 Å². The van der Waals surface area contributed by atoms with Crippen LogP contribution < -0.4 is 14.8 Å². The predicted molar refractivity (Wildman–Crippen MR) is 148 cm³/mol. The summed E-state index contributed by atoms with van der Waals surface area (Å²) in [7, 11) is 1.58. The zero-order valence-electron chi connectivity index (χ0n) is 22.3. The monoisotopic (exact) mass is 526 g/mol. The van der Waals surface area contributed by atoms with Gasteiger partial charge in [0, 0.05) is 24.1 Å². The Balaban J connectivity index is 1.46. The molecule has 7 heteroatoms. The summed E-state index contributed by atoms with van der Waals surface area (Å²) >= 11 is 0. The number of halogens is 1. The molecule has 0 aromatic heterocycles. The third kappa shape index (κ3) is 5.25. The molecule has 0 bridgehead atoms. The summed E-state index contributed by atoms with van der Waals surface area (Å²) < 4.78 is 32.7. The number of hydrogen-bond donors (Lipinski definition) is 1. The lowest BCUT2D eigenvalue weighted by Gasteiger charge is -2.35. The summed E-state index contributed by atoms with van der Waals surface area (Å²) in [6.45, 7) is 4.57. The van der Waals surface area contributed by atoms with Gasteiger partial charge in [-0.3, -0.25) is 4.79 Å². The molecule has 6 nitrogen and oxygen atoms in total. The highest BCUT2D eigenvalue weighted by molar-refractivity contribution is 5.97. The lowest BCUT2D eigenvalue weighted by molar-refractivity contribution is 0.0000903. The van der Waals surface area contributed by atoms with Crippen molar-refractivity contribution in [3.63, 3.8) is 0 Å². The molecule has 3 aromatic rings. The molecular formula is C32H31FN2O4. The van der Waals surface area contributed by atoms with E-state index in [0.29, 0.717) is 54.4 Å². The van der Waals surface area contributed by atoms with Crippen molar-refractivity contribution in [3.8, 4) is 28.7 Å². The van der Waals surface area contributed by atoms with E-state index in [-0.39, 0.29) is 12.3 Å². The number of Topliss-reactive ketones (excluding diaryl/α,β-unsaturated/α-hetero) is 1. The van der Waals surface area contributed by atoms with Gasteiger partial charge in [-0.15, -0.1) is 0 Å². The standard InChI is InChI=1S/C32H31FN2O4/c1-4-27(36)22-8-10-25(29(16-22)37-3)30-15-20-6-5-7-24(26(20)18-38-30)21-9-11-28(23(14-21)17-34)39-31-12-13-35-19-32(31,2)33/h5-11,14-16,31,35H,4,12-13,18-19H2,1-3H3. The maximum absolute atomic E-state index is 15.0. The summed E-state index contributed by atoms with van der Waals surface area (Å²) in [6.07, 6.45) is 2.29. The van der Waals surface area contributed by atoms with Gasteiger partial charge in [0.25, 0.3) is 0 Å². The van der Waals surface area contributed by atoms with Crippen LogP contribution in [0.2, 0.25) is 0 Å². The third-order valence-electron chi connectivity index (χ3n) is 7.39. The van der Waals surface area contributed by atoms with Crippen molar-refractivity contribution >= 4 is 17.6 Å². The van der Waals surface area contributed by atoms with Crippen molar-refractivity contribution in [3.05, 3.63) is 82.4 Å². The van der Waals surface area contributed by atoms with Gasteiger partial charge in [0.1, 0.15) is 36.0 Å². The SMILES string of the molecule is CCC(=O)c1ccc(C2=Cc3cccc(-c4ccc(OC5CCNCC5(C)F)c(C#N)c4)c3CO2)c(OC)c1. The molecule has 1 saturated heterocycles. The van der Waals surface area contributed by atoms with Gasteiger partial charge in [0.2, 0.25) is 0 Å². The van der Waals surface area contributed by atoms with E-state index in [0.717, 1.165) is 27.8 Å². The number of nitrogens with zero attached hydrogens (tertiary/aromatic N) is 1. The van der Waals surface area contributed by atoms with E-state index >= 15 is 0 Å². The minimum Gasteiger partial charge on any atom is -0.496 e. The van der Waals surface area contributed by atoms with E-state index in [4.69, 9.17) is 14.2 Å². The van der Waals surface area contributed by atoms with Crippen LogP contribution in [-0.4, -0.2) is 37.8 Å². The largest absolute Gasteiger partial charge is 0.496 e. The molecule has 200 valence electrons. The van der Waals surface area contributed by atoms with Gasteiger partial charge >= 0.3 is 0 Å². The smallest absolute Gasteiger partial charge is 0.162 e. The van der Waals surface area contributed by atoms with Crippen LogP contribution in [0.15, 0.2) is 54.6 Å². The number of nitrogens with one attached hydrogen (secondary N) is 1. The van der Waals surface area contributed by atoms with E-state index in [1.807, 2.05) is 43.3 Å². The minimum absolute atomic E-state index is 0.0518. The summed E-state index contributed by atoms with van der Waals surface area (Å²) in [6, 6.07) is 19.0. The van der Waals surface area contributed by atoms with Gasteiger partial charge in [0.05, 0.1) is 18.2 Å². The Hall–Kier alpha value is -4.15. The Morgan fingerprint density at radius 1 is 1.18 bits per heavy atom. The molecule has 0 aliphatic carbocycles. The number of carbonyl (C=O) groups excluding carboxylic acids is 1. The lowest BCUT2D eigenvalue weighted by atomic mass is 9.92. The fraction of sp³-hybridized carbons (Fsp3) is 0.312. The van der Waals surface area contributed by atoms with E-state index in [2.05, 4.69) is 11.4 Å². The zero-order valence-corrected chi connectivity index (χ0v) is 22.3. The summed E-state index contributed by atoms with van der Waals surface area (Å²) in [4.78, 5) is 12.2. The van der Waals surface area contributed by atoms with Crippen LogP contribution in [0.4, 0.5) is 4.39 Å². The maximum Gasteiger partial charge on any atom is 0.162 e. The van der Waals surface area contributed by atoms with Crippen LogP contribution >= 0.6 is 0 Å². The summed E-state index contributed by atoms with van der Waals surface area (Å²) in [5.74, 6) is 1.67. The number of fused-ring (bicyclic) bond motifs is 1. The highest BCUT2D eigenvalue weighted by Crippen LogP contribution is 2.39. The minimum atomic E-state index is -1.52. The molecule has 1 fully saturated rings. The number of ketones is 1. The molecule has 5 rings (SSSR count). The highest BCUT2D eigenvalue weighted by Gasteiger charge is 2.39. The Labute approximate surface area is 228 Å². The molecule has 1 N–H and O–H groups in total. The molecule has 0 radical (unpaired) electrons. The number of piperidine rings is 1. The Morgan fingerprint density at radius 3 is 2.77 bits per heavy atom. The van der Waals surface area contributed by atoms with Gasteiger partial charge in [-0.2, -0.15) is 5.26 Å². The van der Waals surface area contributed by atoms with Gasteiger partial charge in [-0.05, 0) is 66.9 Å². The van der Waals surface area contributed by atoms with E-state index < -0.39 is 11.8 Å². The molecule has 0 amide bonds. The molecule has 2 heterocycles. The second-order valence-electron chi connectivity index (χ2n) is 10.0. The van der Waals surface area contributed by atoms with Crippen LogP contribution in [0.25, 0.3) is 23.0 Å². The second-order valence-corrected chi connectivity index (χ2v) is 10.0. The molecule has 2 aliphatic heterocycles. The Bertz CT molecular complexity index is 1490. The maximum atomic E-state index is 15.0. The van der Waals surface area contributed by atoms with Crippen molar-refractivity contribution in [1.29, 1.82) is 5.26 Å². The van der Waals surface area contributed by atoms with E-state index in [9.17, 15) is 14.4 Å². The van der Waals surface area contributed by atoms with Gasteiger partial charge in [-0.25, -0.2) is 4.39 Å². The summed E-state index contributed by atoms with van der Waals surface area (Å²) in [5, 5.41) is 12.9. The Morgan fingerprint density at radius 2 is 2.03 bits per heavy atom. The van der Waals surface area contributed by atoms with Crippen LogP contribution in [0, 0.1) is 11.3 Å². The topological polar surface area (TPSA) is 80.6 Å². The molecule has 3 aromatic carbocycles. The number of nitriles is 1. The average molecular weight is 527 g/mol. The first kappa shape index (κ1) is 26.5. The number of ether oxygens (including phenoxy) is 3. The number of methoxy groups -OCH3 is 1. The number of alkyl halides is 1. The number of benzene rings is 3. The second kappa shape index (κ2) is 10.9. The number of rotatable bonds is 7. The van der Waals surface area contributed by atoms with Gasteiger partial charge in [-0.1, -0.05) is 37.3 Å². The van der Waals surface area contributed by atoms with Crippen molar-refractivity contribution in [1.82, 2.24) is 5.32 Å². The number of hydrogen-bond acceptors (Lipinski definition) is 6. The highest BCUT2D eigenvalue weighted by atomic mass is 19.1. The van der Waals surface area contributed by atoms with Crippen molar-refractivity contribution in [2.75, 3.05) is 20.2 Å². The predicted octanol–water partition coefficient (Wildman–Crippen LogP) is 6.32. The average Bonchev–Trinajstić information content (AvgIpc) is 2.96. The lowest BCUT2D eigenvalue weighted by Crippen LogP contribution is -2.52. The molecule has 39 heavy (non-hydrogen) atoms. The van der Waals surface area contributed by atoms with E-state index in [1.54, 1.807) is 31.4 Å². The first-order chi connectivity index (χ1) is 18.8. The first-order valence-electron chi connectivity index (χ1n) is 13.1. The molecule has 0 spiro atoms. The zero-order chi connectivity index (χ0) is 27.6. The van der Waals surface area contributed by atoms with Crippen LogP contribution in [0.1, 0.15) is 59.3 Å². The Kier molecular flexibility index (Phi) is 7.40. The van der Waals surface area contributed by atoms with Crippen LogP contribution in [-0.2, 0) is 11.3 Å². The third-order valence-corrected chi connectivity index (χ3v) is 7.39. The molecule has 2 unspecified atom stereocenters. The molecule has 2 aliphatic rings. The van der Waals surface area contributed by atoms with Gasteiger partial charge in [0.15, 0.2) is 11.5 Å². The normalized spacial score (nSPS) is 20.2. The van der Waals surface area contributed by atoms with Gasteiger partial charge < -0.3 is 19.5 Å². The van der Waals surface area contributed by atoms with Crippen molar-refractivity contribution < 1.29 is 23.4 Å². The van der Waals surface area contributed by atoms with Crippen molar-refractivity contribution in [2.45, 2.75) is 45.1 Å². The first-order valence-corrected chi connectivity index (χ1v) is 13.1. The molecule has 2 atom stereocenters. The fourth-order valence-corrected chi connectivity index (χ4v) is 5.14. The van der Waals surface area contributed by atoms with E-state index in [1.165, 1.54) is 6.92 Å². The quantitative estimate of drug-likeness (QED) is 0.363. The number of carbonyl (C=O) groups is 1. The molecular weight excluding hydrogens is 495 g/mol. The molecule has 0 saturated carbocycles. The summed E-state index contributed by atoms with van der Waals surface area (Å²) in [5.41, 5.74) is 4.00.